The molecule has 6 heteroatoms. The number of rotatable bonds is 5. The molecular formula is C10H14BrO4P. The van der Waals surface area contributed by atoms with E-state index in [1.165, 1.54) is 14.2 Å². The molecule has 4 nitrogen and oxygen atoms in total. The first-order valence-corrected chi connectivity index (χ1v) is 7.10. The van der Waals surface area contributed by atoms with Crippen molar-refractivity contribution >= 4 is 28.8 Å². The summed E-state index contributed by atoms with van der Waals surface area (Å²) in [5, 5.41) is 0.432. The Labute approximate surface area is 104 Å². The van der Waals surface area contributed by atoms with Crippen LogP contribution in [0.5, 0.6) is 5.75 Å². The van der Waals surface area contributed by atoms with E-state index in [-0.39, 0.29) is 5.01 Å². The van der Waals surface area contributed by atoms with Gasteiger partial charge in [0.15, 0.2) is 5.01 Å². The maximum atomic E-state index is 12.0. The van der Waals surface area contributed by atoms with Crippen molar-refractivity contribution in [2.75, 3.05) is 14.2 Å². The Kier molecular flexibility index (Phi) is 4.99. The lowest BCUT2D eigenvalue weighted by Gasteiger charge is -2.14. The van der Waals surface area contributed by atoms with Crippen molar-refractivity contribution in [2.45, 2.75) is 11.9 Å². The van der Waals surface area contributed by atoms with Crippen LogP contribution in [0.4, 0.5) is 0 Å². The van der Waals surface area contributed by atoms with E-state index < -0.39 is 7.60 Å². The monoisotopic (exact) mass is 308 g/mol. The molecule has 1 aromatic carbocycles. The lowest BCUT2D eigenvalue weighted by Crippen LogP contribution is -2.08. The summed E-state index contributed by atoms with van der Waals surface area (Å²) in [6.45, 7) is 1.86. The summed E-state index contributed by atoms with van der Waals surface area (Å²) in [4.78, 5) is 0. The molecular weight excluding hydrogens is 295 g/mol. The molecule has 0 aliphatic rings. The highest BCUT2D eigenvalue weighted by molar-refractivity contribution is 9.09. The zero-order valence-electron chi connectivity index (χ0n) is 9.34. The van der Waals surface area contributed by atoms with Gasteiger partial charge >= 0.3 is 7.60 Å². The summed E-state index contributed by atoms with van der Waals surface area (Å²) >= 11 is 3.27. The lowest BCUT2D eigenvalue weighted by atomic mass is 10.3. The molecule has 0 fully saturated rings. The number of benzene rings is 1. The summed E-state index contributed by atoms with van der Waals surface area (Å²) in [7, 11) is -0.442. The summed E-state index contributed by atoms with van der Waals surface area (Å²) in [6, 6.07) is 6.77. The maximum absolute atomic E-state index is 12.0. The highest BCUT2D eigenvalue weighted by Gasteiger charge is 2.23. The normalized spacial score (nSPS) is 13.5. The molecule has 0 amide bonds. The molecule has 0 saturated heterocycles. The van der Waals surface area contributed by atoms with Crippen molar-refractivity contribution < 1.29 is 18.3 Å². The summed E-state index contributed by atoms with van der Waals surface area (Å²) < 4.78 is 27.1. The second-order valence-electron chi connectivity index (χ2n) is 3.02. The number of alkyl halides is 1. The third-order valence-electron chi connectivity index (χ3n) is 1.93. The van der Waals surface area contributed by atoms with Crippen LogP contribution in [-0.4, -0.2) is 19.2 Å². The largest absolute Gasteiger partial charge is 0.480 e. The van der Waals surface area contributed by atoms with Crippen LogP contribution in [0.3, 0.4) is 0 Å². The van der Waals surface area contributed by atoms with Crippen LogP contribution < -0.4 is 10.0 Å². The number of ether oxygens (including phenoxy) is 1. The Bertz CT molecular complexity index is 369. The Morgan fingerprint density at radius 3 is 2.06 bits per heavy atom. The van der Waals surface area contributed by atoms with Crippen LogP contribution in [0, 0.1) is 0 Å². The first-order valence-electron chi connectivity index (χ1n) is 4.64. The van der Waals surface area contributed by atoms with Gasteiger partial charge in [0.1, 0.15) is 5.75 Å². The topological polar surface area (TPSA) is 44.8 Å². The smallest absolute Gasteiger partial charge is 0.360 e. The minimum absolute atomic E-state index is 0.0741. The fourth-order valence-electron chi connectivity index (χ4n) is 1.18. The van der Waals surface area contributed by atoms with E-state index in [1.54, 1.807) is 24.3 Å². The molecule has 0 heterocycles. The molecule has 0 N–H and O–H groups in total. The van der Waals surface area contributed by atoms with Crippen molar-refractivity contribution in [3.05, 3.63) is 24.3 Å². The van der Waals surface area contributed by atoms with Gasteiger partial charge in [-0.2, -0.15) is 0 Å². The molecule has 0 saturated carbocycles. The van der Waals surface area contributed by atoms with Crippen LogP contribution in [0.25, 0.3) is 0 Å². The predicted molar refractivity (Wildman–Crippen MR) is 66.7 cm³/mol. The van der Waals surface area contributed by atoms with Crippen molar-refractivity contribution in [1.29, 1.82) is 0 Å². The average Bonchev–Trinajstić information content (AvgIpc) is 2.28. The van der Waals surface area contributed by atoms with Gasteiger partial charge in [0.2, 0.25) is 0 Å². The van der Waals surface area contributed by atoms with Crippen molar-refractivity contribution in [3.8, 4) is 5.75 Å². The third kappa shape index (κ3) is 3.32. The molecule has 16 heavy (non-hydrogen) atoms. The summed E-state index contributed by atoms with van der Waals surface area (Å²) in [5.41, 5.74) is 0. The van der Waals surface area contributed by atoms with E-state index in [0.29, 0.717) is 11.1 Å². The molecule has 0 aromatic heterocycles. The van der Waals surface area contributed by atoms with Gasteiger partial charge in [0.25, 0.3) is 0 Å². The van der Waals surface area contributed by atoms with Crippen LogP contribution in [-0.2, 0) is 13.6 Å². The van der Waals surface area contributed by atoms with Gasteiger partial charge in [0.05, 0.1) is 5.30 Å². The van der Waals surface area contributed by atoms with Crippen molar-refractivity contribution in [3.63, 3.8) is 0 Å². The second-order valence-corrected chi connectivity index (χ2v) is 6.55. The van der Waals surface area contributed by atoms with E-state index in [4.69, 9.17) is 13.8 Å². The molecule has 1 rings (SSSR count). The van der Waals surface area contributed by atoms with Crippen LogP contribution >= 0.6 is 23.5 Å². The van der Waals surface area contributed by atoms with E-state index in [9.17, 15) is 4.57 Å². The van der Waals surface area contributed by atoms with Crippen LogP contribution in [0.2, 0.25) is 0 Å². The highest BCUT2D eigenvalue weighted by Crippen LogP contribution is 2.45. The van der Waals surface area contributed by atoms with E-state index in [0.717, 1.165) is 0 Å². The SMILES string of the molecule is COP(=O)(OC)c1ccc(OC(C)Br)cc1. The standard InChI is InChI=1S/C10H14BrO4P/c1-8(11)15-9-4-6-10(7-5-9)16(12,13-2)14-3/h4-8H,1-3H3. The molecule has 1 atom stereocenters. The zero-order chi connectivity index (χ0) is 12.2. The third-order valence-corrected chi connectivity index (χ3v) is 4.01. The van der Waals surface area contributed by atoms with Crippen LogP contribution in [0.1, 0.15) is 6.92 Å². The van der Waals surface area contributed by atoms with Gasteiger partial charge < -0.3 is 13.8 Å². The minimum Gasteiger partial charge on any atom is -0.480 e. The first kappa shape index (κ1) is 13.7. The molecule has 0 spiro atoms. The Balaban J connectivity index is 2.90. The Morgan fingerprint density at radius 1 is 1.19 bits per heavy atom. The zero-order valence-corrected chi connectivity index (χ0v) is 11.8. The summed E-state index contributed by atoms with van der Waals surface area (Å²) in [5.74, 6) is 0.687. The first-order chi connectivity index (χ1) is 7.51. The predicted octanol–water partition coefficient (Wildman–Crippen LogP) is 2.92. The van der Waals surface area contributed by atoms with Gasteiger partial charge in [-0.3, -0.25) is 4.57 Å². The molecule has 0 aliphatic carbocycles. The maximum Gasteiger partial charge on any atom is 0.360 e. The van der Waals surface area contributed by atoms with Gasteiger partial charge in [0, 0.05) is 14.2 Å². The molecule has 0 radical (unpaired) electrons. The summed E-state index contributed by atoms with van der Waals surface area (Å²) in [6.07, 6.45) is 0. The number of halogens is 1. The van der Waals surface area contributed by atoms with E-state index in [1.807, 2.05) is 6.92 Å². The van der Waals surface area contributed by atoms with Gasteiger partial charge in [-0.15, -0.1) is 0 Å². The van der Waals surface area contributed by atoms with Gasteiger partial charge in [-0.1, -0.05) is 0 Å². The molecule has 0 aliphatic heterocycles. The Morgan fingerprint density at radius 2 is 1.69 bits per heavy atom. The molecule has 1 aromatic rings. The fourth-order valence-corrected chi connectivity index (χ4v) is 2.48. The van der Waals surface area contributed by atoms with E-state index >= 15 is 0 Å². The number of hydrogen-bond donors (Lipinski definition) is 0. The molecule has 0 bridgehead atoms. The van der Waals surface area contributed by atoms with Crippen molar-refractivity contribution in [2.24, 2.45) is 0 Å². The minimum atomic E-state index is -3.15. The second kappa shape index (κ2) is 5.82. The van der Waals surface area contributed by atoms with Crippen molar-refractivity contribution in [1.82, 2.24) is 0 Å². The van der Waals surface area contributed by atoms with Crippen LogP contribution in [0.15, 0.2) is 24.3 Å². The molecule has 1 unspecified atom stereocenters. The quantitative estimate of drug-likeness (QED) is 0.620. The number of hydrogen-bond acceptors (Lipinski definition) is 4. The Hall–Kier alpha value is -0.350. The highest BCUT2D eigenvalue weighted by atomic mass is 79.9. The molecule has 90 valence electrons. The van der Waals surface area contributed by atoms with Gasteiger partial charge in [-0.05, 0) is 47.1 Å². The average molecular weight is 309 g/mol. The van der Waals surface area contributed by atoms with E-state index in [2.05, 4.69) is 15.9 Å². The fraction of sp³-hybridized carbons (Fsp3) is 0.400. The lowest BCUT2D eigenvalue weighted by molar-refractivity contribution is 0.287. The van der Waals surface area contributed by atoms with Gasteiger partial charge in [-0.25, -0.2) is 0 Å².